The number of aliphatic hydroxyl groups is 1. The van der Waals surface area contributed by atoms with E-state index in [-0.39, 0.29) is 23.5 Å². The highest BCUT2D eigenvalue weighted by Gasteiger charge is 2.73. The molecule has 0 radical (unpaired) electrons. The lowest BCUT2D eigenvalue weighted by Crippen LogP contribution is -2.78. The van der Waals surface area contributed by atoms with Gasteiger partial charge >= 0.3 is 0 Å². The van der Waals surface area contributed by atoms with Crippen molar-refractivity contribution in [2.24, 2.45) is 5.92 Å². The summed E-state index contributed by atoms with van der Waals surface area (Å²) in [4.78, 5) is 2.24. The van der Waals surface area contributed by atoms with Gasteiger partial charge in [-0.25, -0.2) is 8.42 Å². The molecular formula is C28H36N2O5S. The maximum Gasteiger partial charge on any atom is 0.218 e. The van der Waals surface area contributed by atoms with Crippen LogP contribution >= 0.6 is 0 Å². The van der Waals surface area contributed by atoms with Crippen LogP contribution in [0.5, 0.6) is 11.5 Å². The highest BCUT2D eigenvalue weighted by atomic mass is 32.2. The van der Waals surface area contributed by atoms with E-state index in [2.05, 4.69) is 11.9 Å². The van der Waals surface area contributed by atoms with Gasteiger partial charge in [0.15, 0.2) is 11.5 Å². The Bertz CT molecular complexity index is 1280. The molecule has 2 bridgehead atoms. The average molecular weight is 513 g/mol. The molecular weight excluding hydrogens is 476 g/mol. The minimum absolute atomic E-state index is 0.0681. The van der Waals surface area contributed by atoms with Gasteiger partial charge in [-0.15, -0.1) is 0 Å². The summed E-state index contributed by atoms with van der Waals surface area (Å²) in [5.74, 6) is 0.558. The first-order valence-electron chi connectivity index (χ1n) is 13.1. The summed E-state index contributed by atoms with van der Waals surface area (Å²) >= 11 is 0. The molecule has 0 unspecified atom stereocenters. The van der Waals surface area contributed by atoms with Crippen molar-refractivity contribution in [3.8, 4) is 11.5 Å². The molecule has 1 saturated heterocycles. The van der Waals surface area contributed by atoms with E-state index in [4.69, 9.17) is 4.74 Å². The van der Waals surface area contributed by atoms with Crippen molar-refractivity contribution >= 4 is 10.0 Å². The number of likely N-dealkylation sites (N-methyl/N-ethyl adjacent to an activating group) is 1. The van der Waals surface area contributed by atoms with E-state index in [1.807, 2.05) is 50.2 Å². The van der Waals surface area contributed by atoms with Crippen LogP contribution in [0.25, 0.3) is 0 Å². The minimum atomic E-state index is -3.68. The Hall–Kier alpha value is -2.13. The van der Waals surface area contributed by atoms with Crippen LogP contribution in [-0.2, 0) is 27.6 Å². The van der Waals surface area contributed by atoms with Crippen molar-refractivity contribution in [1.29, 1.82) is 0 Å². The van der Waals surface area contributed by atoms with Crippen molar-refractivity contribution in [2.45, 2.75) is 74.5 Å². The summed E-state index contributed by atoms with van der Waals surface area (Å²) in [5.41, 5.74) is 0.972. The molecule has 1 saturated carbocycles. The molecule has 2 aromatic carbocycles. The number of nitrogens with zero attached hydrogens (tertiary/aromatic N) is 2. The van der Waals surface area contributed by atoms with Gasteiger partial charge in [-0.3, -0.25) is 0 Å². The first-order chi connectivity index (χ1) is 17.1. The number of phenolic OH excluding ortho intramolecular Hbond substituents is 1. The van der Waals surface area contributed by atoms with E-state index < -0.39 is 33.2 Å². The van der Waals surface area contributed by atoms with Crippen LogP contribution < -0.4 is 4.74 Å². The number of hydrogen-bond acceptors (Lipinski definition) is 6. The molecule has 2 N–H and O–H groups in total. The highest BCUT2D eigenvalue weighted by molar-refractivity contribution is 7.88. The molecule has 2 aliphatic carbocycles. The predicted octanol–water partition coefficient (Wildman–Crippen LogP) is 3.03. The molecule has 1 spiro atoms. The van der Waals surface area contributed by atoms with Crippen LogP contribution in [0.2, 0.25) is 0 Å². The first kappa shape index (κ1) is 24.2. The van der Waals surface area contributed by atoms with Gasteiger partial charge in [0.05, 0.1) is 22.8 Å². The van der Waals surface area contributed by atoms with Crippen LogP contribution in [0.4, 0.5) is 0 Å². The zero-order valence-electron chi connectivity index (χ0n) is 21.2. The molecule has 2 fully saturated rings. The van der Waals surface area contributed by atoms with Gasteiger partial charge in [0.2, 0.25) is 10.0 Å². The number of piperidine rings is 1. The second kappa shape index (κ2) is 8.18. The number of sulfonamides is 1. The normalized spacial score (nSPS) is 33.0. The minimum Gasteiger partial charge on any atom is -0.504 e. The second-order valence-corrected chi connectivity index (χ2v) is 13.6. The van der Waals surface area contributed by atoms with Crippen LogP contribution in [-0.4, -0.2) is 71.8 Å². The van der Waals surface area contributed by atoms with Crippen molar-refractivity contribution in [2.75, 3.05) is 20.1 Å². The Morgan fingerprint density at radius 1 is 1.17 bits per heavy atom. The number of hydrogen-bond donors (Lipinski definition) is 2. The van der Waals surface area contributed by atoms with Crippen molar-refractivity contribution < 1.29 is 23.4 Å². The Labute approximate surface area is 213 Å². The Kier molecular flexibility index (Phi) is 5.51. The molecule has 6 rings (SSSR count). The molecule has 7 nitrogen and oxygen atoms in total. The summed E-state index contributed by atoms with van der Waals surface area (Å²) in [6, 6.07) is 12.4. The van der Waals surface area contributed by atoms with Gasteiger partial charge in [0.25, 0.3) is 0 Å². The number of rotatable bonds is 6. The molecule has 2 aromatic rings. The van der Waals surface area contributed by atoms with Gasteiger partial charge in [0.1, 0.15) is 6.10 Å². The number of benzene rings is 2. The molecule has 194 valence electrons. The standard InChI is InChI=1S/C28H36N2O5S/c1-18(2)16-30(36(33,34)17-19-7-5-4-6-8-19)21-11-12-28(32)23-15-20-9-10-22(31)25-24(20)27(28,26(21)35-25)13-14-29(23)3/h4-10,18,21,23,26,31-32H,11-17H2,1-3H3/t21-,23-,26+,27+,28-/m1/s1. The lowest BCUT2D eigenvalue weighted by molar-refractivity contribution is -0.192. The predicted molar refractivity (Wildman–Crippen MR) is 138 cm³/mol. The van der Waals surface area contributed by atoms with E-state index in [9.17, 15) is 18.6 Å². The number of ether oxygens (including phenoxy) is 1. The van der Waals surface area contributed by atoms with Gasteiger partial charge in [-0.1, -0.05) is 50.2 Å². The Morgan fingerprint density at radius 2 is 1.92 bits per heavy atom. The number of aromatic hydroxyl groups is 1. The van der Waals surface area contributed by atoms with Crippen molar-refractivity contribution in [1.82, 2.24) is 9.21 Å². The van der Waals surface area contributed by atoms with E-state index >= 15 is 0 Å². The zero-order chi connectivity index (χ0) is 25.5. The largest absolute Gasteiger partial charge is 0.504 e. The van der Waals surface area contributed by atoms with Gasteiger partial charge < -0.3 is 19.8 Å². The maximum atomic E-state index is 14.0. The number of phenols is 1. The fourth-order valence-corrected chi connectivity index (χ4v) is 9.64. The molecule has 2 aliphatic heterocycles. The molecule has 0 aromatic heterocycles. The SMILES string of the molecule is CC(C)CN([C@@H]1CC[C@@]2(O)[C@H]3Cc4ccc(O)c5c4[C@@]2(CCN3C)[C@H]1O5)S(=O)(=O)Cc1ccccc1. The quantitative estimate of drug-likeness (QED) is 0.619. The molecule has 0 amide bonds. The third-order valence-corrected chi connectivity index (χ3v) is 11.0. The van der Waals surface area contributed by atoms with E-state index in [1.54, 1.807) is 10.4 Å². The van der Waals surface area contributed by atoms with Crippen molar-refractivity contribution in [3.05, 3.63) is 59.2 Å². The fraction of sp³-hybridized carbons (Fsp3) is 0.571. The summed E-state index contributed by atoms with van der Waals surface area (Å²) in [7, 11) is -1.61. The first-order valence-corrected chi connectivity index (χ1v) is 14.7. The summed E-state index contributed by atoms with van der Waals surface area (Å²) in [6.45, 7) is 5.23. The van der Waals surface area contributed by atoms with E-state index in [0.717, 1.165) is 23.2 Å². The van der Waals surface area contributed by atoms with Crippen LogP contribution in [0.1, 0.15) is 49.8 Å². The molecule has 5 atom stereocenters. The lowest BCUT2D eigenvalue weighted by Gasteiger charge is -2.64. The monoisotopic (exact) mass is 512 g/mol. The molecule has 4 aliphatic rings. The summed E-state index contributed by atoms with van der Waals surface area (Å²) in [6.07, 6.45) is 1.81. The lowest BCUT2D eigenvalue weighted by atomic mass is 9.48. The second-order valence-electron chi connectivity index (χ2n) is 11.6. The summed E-state index contributed by atoms with van der Waals surface area (Å²) < 4.78 is 36.2. The number of likely N-dealkylation sites (tertiary alicyclic amines) is 1. The fourth-order valence-electron chi connectivity index (χ4n) is 7.70. The van der Waals surface area contributed by atoms with Crippen LogP contribution in [0.3, 0.4) is 0 Å². The molecule has 36 heavy (non-hydrogen) atoms. The van der Waals surface area contributed by atoms with Crippen molar-refractivity contribution in [3.63, 3.8) is 0 Å². The average Bonchev–Trinajstić information content (AvgIpc) is 3.18. The van der Waals surface area contributed by atoms with E-state index in [1.165, 1.54) is 0 Å². The maximum absolute atomic E-state index is 14.0. The zero-order valence-corrected chi connectivity index (χ0v) is 22.0. The van der Waals surface area contributed by atoms with Gasteiger partial charge in [-0.2, -0.15) is 4.31 Å². The highest BCUT2D eigenvalue weighted by Crippen LogP contribution is 2.65. The topological polar surface area (TPSA) is 90.3 Å². The third kappa shape index (κ3) is 3.24. The van der Waals surface area contributed by atoms with Gasteiger partial charge in [-0.05, 0) is 62.4 Å². The Balaban J connectivity index is 1.48. The third-order valence-electron chi connectivity index (χ3n) is 9.16. The molecule has 8 heteroatoms. The van der Waals surface area contributed by atoms with Crippen LogP contribution in [0.15, 0.2) is 42.5 Å². The van der Waals surface area contributed by atoms with E-state index in [0.29, 0.717) is 38.0 Å². The summed E-state index contributed by atoms with van der Waals surface area (Å²) in [5, 5.41) is 23.2. The Morgan fingerprint density at radius 3 is 2.64 bits per heavy atom. The van der Waals surface area contributed by atoms with Gasteiger partial charge in [0, 0.05) is 18.2 Å². The smallest absolute Gasteiger partial charge is 0.218 e. The van der Waals surface area contributed by atoms with Crippen LogP contribution in [0, 0.1) is 5.92 Å². The molecule has 2 heterocycles.